The summed E-state index contributed by atoms with van der Waals surface area (Å²) in [4.78, 5) is 25.2. The first-order valence-electron chi connectivity index (χ1n) is 10.6. The third kappa shape index (κ3) is 4.13. The average Bonchev–Trinajstić information content (AvgIpc) is 3.14. The van der Waals surface area contributed by atoms with E-state index in [0.717, 1.165) is 30.2 Å². The highest BCUT2D eigenvalue weighted by Crippen LogP contribution is 2.25. The van der Waals surface area contributed by atoms with Gasteiger partial charge in [-0.2, -0.15) is 4.31 Å². The van der Waals surface area contributed by atoms with E-state index in [1.54, 1.807) is 6.20 Å². The molecule has 0 aliphatic carbocycles. The molecule has 1 unspecified atom stereocenters. The zero-order chi connectivity index (χ0) is 22.9. The van der Waals surface area contributed by atoms with E-state index >= 15 is 0 Å². The molecule has 1 atom stereocenters. The summed E-state index contributed by atoms with van der Waals surface area (Å²) in [5, 5.41) is 0.781. The number of nitrogens with zero attached hydrogens (tertiary/aromatic N) is 2. The van der Waals surface area contributed by atoms with E-state index in [-0.39, 0.29) is 16.5 Å². The van der Waals surface area contributed by atoms with Crippen molar-refractivity contribution in [1.82, 2.24) is 19.7 Å². The van der Waals surface area contributed by atoms with Crippen molar-refractivity contribution in [2.24, 2.45) is 7.05 Å². The van der Waals surface area contributed by atoms with Gasteiger partial charge in [0, 0.05) is 42.3 Å². The molecule has 2 amide bonds. The van der Waals surface area contributed by atoms with Crippen molar-refractivity contribution in [2.75, 3.05) is 6.54 Å². The topological polar surface area (TPSA) is 101 Å². The van der Waals surface area contributed by atoms with E-state index in [1.807, 2.05) is 42.8 Å². The Balaban J connectivity index is 1.43. The Morgan fingerprint density at radius 1 is 0.969 bits per heavy atom. The van der Waals surface area contributed by atoms with Crippen LogP contribution in [0.5, 0.6) is 0 Å². The average molecular weight is 455 g/mol. The van der Waals surface area contributed by atoms with Gasteiger partial charge in [0.25, 0.3) is 11.8 Å². The van der Waals surface area contributed by atoms with Crippen LogP contribution in [-0.2, 0) is 17.1 Å². The fraction of sp³-hybridized carbons (Fsp3) is 0.304. The normalized spacial score (nSPS) is 17.2. The highest BCUT2D eigenvalue weighted by Gasteiger charge is 2.31. The molecule has 8 nitrogen and oxygen atoms in total. The summed E-state index contributed by atoms with van der Waals surface area (Å²) in [5.41, 5.74) is 6.41. The number of fused-ring (bicyclic) bond motifs is 1. The van der Waals surface area contributed by atoms with Gasteiger partial charge in [-0.25, -0.2) is 8.42 Å². The number of benzene rings is 2. The summed E-state index contributed by atoms with van der Waals surface area (Å²) < 4.78 is 29.2. The number of hydrazine groups is 1. The SMILES string of the molecule is CC1CCCCN1S(=O)(=O)c1ccc(C(=O)NNC(=O)c2cn(C)c3ccccc23)cc1. The van der Waals surface area contributed by atoms with Crippen molar-refractivity contribution in [1.29, 1.82) is 0 Å². The van der Waals surface area contributed by atoms with Gasteiger partial charge in [-0.3, -0.25) is 20.4 Å². The zero-order valence-electron chi connectivity index (χ0n) is 18.0. The zero-order valence-corrected chi connectivity index (χ0v) is 18.9. The molecule has 2 N–H and O–H groups in total. The highest BCUT2D eigenvalue weighted by atomic mass is 32.2. The van der Waals surface area contributed by atoms with Crippen LogP contribution in [0.3, 0.4) is 0 Å². The van der Waals surface area contributed by atoms with Gasteiger partial charge in [0.2, 0.25) is 10.0 Å². The second kappa shape index (κ2) is 8.76. The molecule has 2 aromatic carbocycles. The maximum absolute atomic E-state index is 12.9. The van der Waals surface area contributed by atoms with E-state index in [4.69, 9.17) is 0 Å². The van der Waals surface area contributed by atoms with E-state index in [2.05, 4.69) is 10.9 Å². The van der Waals surface area contributed by atoms with Crippen LogP contribution >= 0.6 is 0 Å². The van der Waals surface area contributed by atoms with Gasteiger partial charge in [-0.1, -0.05) is 24.6 Å². The van der Waals surface area contributed by atoms with Crippen molar-refractivity contribution >= 4 is 32.7 Å². The Kier molecular flexibility index (Phi) is 6.03. The van der Waals surface area contributed by atoms with Gasteiger partial charge >= 0.3 is 0 Å². The number of hydrogen-bond acceptors (Lipinski definition) is 4. The monoisotopic (exact) mass is 454 g/mol. The lowest BCUT2D eigenvalue weighted by atomic mass is 10.1. The maximum Gasteiger partial charge on any atom is 0.271 e. The third-order valence-corrected chi connectivity index (χ3v) is 7.92. The number of rotatable bonds is 4. The lowest BCUT2D eigenvalue weighted by Crippen LogP contribution is -2.42. The van der Waals surface area contributed by atoms with E-state index < -0.39 is 21.8 Å². The van der Waals surface area contributed by atoms with Crippen molar-refractivity contribution < 1.29 is 18.0 Å². The molecule has 1 saturated heterocycles. The first-order chi connectivity index (χ1) is 15.3. The van der Waals surface area contributed by atoms with Crippen LogP contribution in [-0.4, -0.2) is 41.7 Å². The minimum atomic E-state index is -3.60. The van der Waals surface area contributed by atoms with Crippen LogP contribution in [0.15, 0.2) is 59.6 Å². The molecule has 1 aliphatic heterocycles. The number of para-hydroxylation sites is 1. The van der Waals surface area contributed by atoms with Gasteiger partial charge in [0.05, 0.1) is 10.5 Å². The lowest BCUT2D eigenvalue weighted by Gasteiger charge is -2.32. The molecule has 0 radical (unpaired) electrons. The van der Waals surface area contributed by atoms with Crippen molar-refractivity contribution in [3.8, 4) is 0 Å². The summed E-state index contributed by atoms with van der Waals surface area (Å²) in [7, 11) is -1.76. The molecule has 0 spiro atoms. The predicted molar refractivity (Wildman–Crippen MR) is 121 cm³/mol. The Bertz CT molecular complexity index is 1260. The molecule has 1 aromatic heterocycles. The van der Waals surface area contributed by atoms with Gasteiger partial charge in [-0.15, -0.1) is 0 Å². The summed E-state index contributed by atoms with van der Waals surface area (Å²) in [5.74, 6) is -0.970. The fourth-order valence-corrected chi connectivity index (χ4v) is 5.82. The highest BCUT2D eigenvalue weighted by molar-refractivity contribution is 7.89. The fourth-order valence-electron chi connectivity index (χ4n) is 4.12. The van der Waals surface area contributed by atoms with Crippen LogP contribution < -0.4 is 10.9 Å². The number of carbonyl (C=O) groups is 2. The van der Waals surface area contributed by atoms with Gasteiger partial charge in [0.15, 0.2) is 0 Å². The summed E-state index contributed by atoms with van der Waals surface area (Å²) in [6.45, 7) is 2.42. The van der Waals surface area contributed by atoms with Gasteiger partial charge in [-0.05, 0) is 50.1 Å². The number of nitrogens with one attached hydrogen (secondary N) is 2. The molecule has 1 fully saturated rings. The van der Waals surface area contributed by atoms with Crippen LogP contribution in [0.25, 0.3) is 10.9 Å². The number of piperidine rings is 1. The molecule has 0 bridgehead atoms. The number of amides is 2. The minimum Gasteiger partial charge on any atom is -0.350 e. The smallest absolute Gasteiger partial charge is 0.271 e. The van der Waals surface area contributed by atoms with Crippen LogP contribution in [0.4, 0.5) is 0 Å². The summed E-state index contributed by atoms with van der Waals surface area (Å²) in [6, 6.07) is 13.2. The Labute approximate surface area is 187 Å². The van der Waals surface area contributed by atoms with Crippen molar-refractivity contribution in [3.63, 3.8) is 0 Å². The lowest BCUT2D eigenvalue weighted by molar-refractivity contribution is 0.0847. The van der Waals surface area contributed by atoms with E-state index in [1.165, 1.54) is 28.6 Å². The predicted octanol–water partition coefficient (Wildman–Crippen LogP) is 2.82. The Morgan fingerprint density at radius 2 is 1.66 bits per heavy atom. The van der Waals surface area contributed by atoms with E-state index in [9.17, 15) is 18.0 Å². The van der Waals surface area contributed by atoms with Crippen molar-refractivity contribution in [3.05, 3.63) is 65.9 Å². The molecule has 9 heteroatoms. The molecule has 3 aromatic rings. The molecule has 32 heavy (non-hydrogen) atoms. The number of aryl methyl sites for hydroxylation is 1. The number of sulfonamides is 1. The Hall–Kier alpha value is -3.17. The first-order valence-corrected chi connectivity index (χ1v) is 12.0. The standard InChI is InChI=1S/C23H26N4O4S/c1-16-7-5-6-14-27(16)32(30,31)18-12-10-17(11-13-18)22(28)24-25-23(29)20-15-26(2)21-9-4-3-8-19(20)21/h3-4,8-13,15-16H,5-7,14H2,1-2H3,(H,24,28)(H,25,29). The van der Waals surface area contributed by atoms with Crippen molar-refractivity contribution in [2.45, 2.75) is 37.1 Å². The minimum absolute atomic E-state index is 0.0407. The Morgan fingerprint density at radius 3 is 2.38 bits per heavy atom. The van der Waals surface area contributed by atoms with Crippen LogP contribution in [0, 0.1) is 0 Å². The molecule has 168 valence electrons. The third-order valence-electron chi connectivity index (χ3n) is 5.90. The maximum atomic E-state index is 12.9. The van der Waals surface area contributed by atoms with Gasteiger partial charge in [0.1, 0.15) is 0 Å². The number of hydrogen-bond donors (Lipinski definition) is 2. The molecular weight excluding hydrogens is 428 g/mol. The second-order valence-corrected chi connectivity index (χ2v) is 9.95. The second-order valence-electron chi connectivity index (χ2n) is 8.06. The van der Waals surface area contributed by atoms with Crippen LogP contribution in [0.1, 0.15) is 46.9 Å². The first kappa shape index (κ1) is 22.0. The largest absolute Gasteiger partial charge is 0.350 e. The molecule has 0 saturated carbocycles. The summed E-state index contributed by atoms with van der Waals surface area (Å²) >= 11 is 0. The molecular formula is C23H26N4O4S. The number of aromatic nitrogens is 1. The van der Waals surface area contributed by atoms with E-state index in [0.29, 0.717) is 12.1 Å². The summed E-state index contributed by atoms with van der Waals surface area (Å²) in [6.07, 6.45) is 4.42. The number of carbonyl (C=O) groups excluding carboxylic acids is 2. The quantitative estimate of drug-likeness (QED) is 0.592. The van der Waals surface area contributed by atoms with Crippen LogP contribution in [0.2, 0.25) is 0 Å². The molecule has 4 rings (SSSR count). The van der Waals surface area contributed by atoms with Gasteiger partial charge < -0.3 is 4.57 Å². The molecule has 1 aliphatic rings. The molecule has 2 heterocycles.